The molecule has 0 spiro atoms. The standard InChI is InChI=1S/C16H22N4O2/c21-15-6-2-1-3-9-19(15)11-16(22)20-10-4-5-14(20)13-7-8-17-12-18-13/h7-8,12,14H,1-6,9-11H2. The fourth-order valence-corrected chi connectivity index (χ4v) is 3.33. The van der Waals surface area contributed by atoms with Crippen molar-refractivity contribution in [3.05, 3.63) is 24.3 Å². The highest BCUT2D eigenvalue weighted by atomic mass is 16.2. The van der Waals surface area contributed by atoms with E-state index >= 15 is 0 Å². The molecule has 6 heteroatoms. The molecular weight excluding hydrogens is 280 g/mol. The molecule has 0 radical (unpaired) electrons. The molecule has 2 saturated heterocycles. The van der Waals surface area contributed by atoms with Crippen LogP contribution in [0.3, 0.4) is 0 Å². The summed E-state index contributed by atoms with van der Waals surface area (Å²) < 4.78 is 0. The Morgan fingerprint density at radius 2 is 2.14 bits per heavy atom. The molecule has 1 atom stereocenters. The number of carbonyl (C=O) groups excluding carboxylic acids is 2. The zero-order valence-electron chi connectivity index (χ0n) is 12.8. The van der Waals surface area contributed by atoms with Crippen LogP contribution in [0.1, 0.15) is 50.3 Å². The molecule has 6 nitrogen and oxygen atoms in total. The van der Waals surface area contributed by atoms with Crippen molar-refractivity contribution in [3.63, 3.8) is 0 Å². The number of rotatable bonds is 3. The molecule has 3 rings (SSSR count). The highest BCUT2D eigenvalue weighted by Gasteiger charge is 2.32. The summed E-state index contributed by atoms with van der Waals surface area (Å²) in [5, 5.41) is 0. The second-order valence-corrected chi connectivity index (χ2v) is 6.01. The van der Waals surface area contributed by atoms with Gasteiger partial charge in [-0.25, -0.2) is 9.97 Å². The molecule has 2 aliphatic heterocycles. The van der Waals surface area contributed by atoms with Crippen LogP contribution >= 0.6 is 0 Å². The predicted octanol–water partition coefficient (Wildman–Crippen LogP) is 1.54. The summed E-state index contributed by atoms with van der Waals surface area (Å²) in [6, 6.07) is 1.89. The molecule has 3 heterocycles. The number of hydrogen-bond donors (Lipinski definition) is 0. The van der Waals surface area contributed by atoms with E-state index in [0.717, 1.165) is 44.3 Å². The summed E-state index contributed by atoms with van der Waals surface area (Å²) in [6.45, 7) is 1.66. The van der Waals surface area contributed by atoms with Crippen LogP contribution in [0.15, 0.2) is 18.6 Å². The fraction of sp³-hybridized carbons (Fsp3) is 0.625. The lowest BCUT2D eigenvalue weighted by atomic mass is 10.1. The third-order valence-electron chi connectivity index (χ3n) is 4.52. The number of hydrogen-bond acceptors (Lipinski definition) is 4. The molecule has 2 fully saturated rings. The molecule has 0 N–H and O–H groups in total. The number of aromatic nitrogens is 2. The average Bonchev–Trinajstić information content (AvgIpc) is 2.95. The first-order chi connectivity index (χ1) is 10.8. The third-order valence-corrected chi connectivity index (χ3v) is 4.52. The van der Waals surface area contributed by atoms with Crippen molar-refractivity contribution in [3.8, 4) is 0 Å². The lowest BCUT2D eigenvalue weighted by Gasteiger charge is -2.28. The molecule has 0 aliphatic carbocycles. The van der Waals surface area contributed by atoms with Gasteiger partial charge in [0.2, 0.25) is 11.8 Å². The lowest BCUT2D eigenvalue weighted by Crippen LogP contribution is -2.42. The molecule has 2 aliphatic rings. The van der Waals surface area contributed by atoms with Crippen molar-refractivity contribution in [1.29, 1.82) is 0 Å². The summed E-state index contributed by atoms with van der Waals surface area (Å²) in [5.74, 6) is 0.153. The van der Waals surface area contributed by atoms with Crippen molar-refractivity contribution in [2.75, 3.05) is 19.6 Å². The lowest BCUT2D eigenvalue weighted by molar-refractivity contribution is -0.140. The van der Waals surface area contributed by atoms with E-state index in [1.54, 1.807) is 11.1 Å². The van der Waals surface area contributed by atoms with Gasteiger partial charge in [-0.15, -0.1) is 0 Å². The molecule has 0 bridgehead atoms. The Morgan fingerprint density at radius 1 is 1.23 bits per heavy atom. The topological polar surface area (TPSA) is 66.4 Å². The zero-order chi connectivity index (χ0) is 15.4. The number of nitrogens with zero attached hydrogens (tertiary/aromatic N) is 4. The SMILES string of the molecule is O=C1CCCCCN1CC(=O)N1CCCC1c1ccncn1. The van der Waals surface area contributed by atoms with E-state index in [2.05, 4.69) is 9.97 Å². The van der Waals surface area contributed by atoms with Gasteiger partial charge in [-0.2, -0.15) is 0 Å². The first-order valence-corrected chi connectivity index (χ1v) is 8.09. The van der Waals surface area contributed by atoms with Crippen LogP contribution < -0.4 is 0 Å². The molecule has 1 unspecified atom stereocenters. The monoisotopic (exact) mass is 302 g/mol. The van der Waals surface area contributed by atoms with Gasteiger partial charge < -0.3 is 9.80 Å². The van der Waals surface area contributed by atoms with Gasteiger partial charge in [-0.05, 0) is 31.7 Å². The average molecular weight is 302 g/mol. The minimum atomic E-state index is 0.0255. The Balaban J connectivity index is 1.67. The smallest absolute Gasteiger partial charge is 0.242 e. The van der Waals surface area contributed by atoms with E-state index in [9.17, 15) is 9.59 Å². The maximum Gasteiger partial charge on any atom is 0.242 e. The Labute approximate surface area is 130 Å². The number of likely N-dealkylation sites (tertiary alicyclic amines) is 2. The Kier molecular flexibility index (Phi) is 4.65. The van der Waals surface area contributed by atoms with Gasteiger partial charge in [0.25, 0.3) is 0 Å². The van der Waals surface area contributed by atoms with Crippen molar-refractivity contribution in [1.82, 2.24) is 19.8 Å². The molecule has 0 aromatic carbocycles. The highest BCUT2D eigenvalue weighted by Crippen LogP contribution is 2.30. The van der Waals surface area contributed by atoms with Gasteiger partial charge in [0.1, 0.15) is 6.33 Å². The fourth-order valence-electron chi connectivity index (χ4n) is 3.33. The summed E-state index contributed by atoms with van der Waals surface area (Å²) in [6.07, 6.45) is 8.72. The Morgan fingerprint density at radius 3 is 2.95 bits per heavy atom. The Hall–Kier alpha value is -1.98. The van der Waals surface area contributed by atoms with Crippen molar-refractivity contribution in [2.24, 2.45) is 0 Å². The van der Waals surface area contributed by atoms with Crippen LogP contribution in [-0.2, 0) is 9.59 Å². The molecule has 0 saturated carbocycles. The van der Waals surface area contributed by atoms with Gasteiger partial charge in [0.05, 0.1) is 18.3 Å². The molecule has 1 aromatic heterocycles. The third kappa shape index (κ3) is 3.26. The first kappa shape index (κ1) is 14.9. The molecule has 118 valence electrons. The van der Waals surface area contributed by atoms with Crippen LogP contribution in [0, 0.1) is 0 Å². The van der Waals surface area contributed by atoms with Crippen LogP contribution in [0.5, 0.6) is 0 Å². The molecule has 1 aromatic rings. The van der Waals surface area contributed by atoms with Crippen LogP contribution in [-0.4, -0.2) is 51.2 Å². The van der Waals surface area contributed by atoms with E-state index in [4.69, 9.17) is 0 Å². The zero-order valence-corrected chi connectivity index (χ0v) is 12.8. The summed E-state index contributed by atoms with van der Waals surface area (Å²) >= 11 is 0. The predicted molar refractivity (Wildman–Crippen MR) is 80.8 cm³/mol. The van der Waals surface area contributed by atoms with Gasteiger partial charge in [0.15, 0.2) is 0 Å². The second-order valence-electron chi connectivity index (χ2n) is 6.01. The van der Waals surface area contributed by atoms with E-state index in [0.29, 0.717) is 13.0 Å². The van der Waals surface area contributed by atoms with Gasteiger partial charge >= 0.3 is 0 Å². The normalized spacial score (nSPS) is 22.7. The number of carbonyl (C=O) groups is 2. The largest absolute Gasteiger partial charge is 0.333 e. The van der Waals surface area contributed by atoms with E-state index < -0.39 is 0 Å². The van der Waals surface area contributed by atoms with E-state index in [1.165, 1.54) is 6.33 Å². The van der Waals surface area contributed by atoms with Gasteiger partial charge in [-0.1, -0.05) is 6.42 Å². The van der Waals surface area contributed by atoms with E-state index in [-0.39, 0.29) is 24.4 Å². The summed E-state index contributed by atoms with van der Waals surface area (Å²) in [5.41, 5.74) is 0.892. The summed E-state index contributed by atoms with van der Waals surface area (Å²) in [7, 11) is 0. The highest BCUT2D eigenvalue weighted by molar-refractivity contribution is 5.85. The number of amides is 2. The van der Waals surface area contributed by atoms with Crippen LogP contribution in [0.2, 0.25) is 0 Å². The molecular formula is C16H22N4O2. The van der Waals surface area contributed by atoms with Gasteiger partial charge in [0, 0.05) is 25.7 Å². The maximum atomic E-state index is 12.6. The van der Waals surface area contributed by atoms with Gasteiger partial charge in [-0.3, -0.25) is 9.59 Å². The summed E-state index contributed by atoms with van der Waals surface area (Å²) in [4.78, 5) is 36.5. The minimum absolute atomic E-state index is 0.0255. The van der Waals surface area contributed by atoms with Crippen molar-refractivity contribution >= 4 is 11.8 Å². The molecule has 22 heavy (non-hydrogen) atoms. The quantitative estimate of drug-likeness (QED) is 0.849. The van der Waals surface area contributed by atoms with Crippen molar-refractivity contribution < 1.29 is 9.59 Å². The van der Waals surface area contributed by atoms with E-state index in [1.807, 2.05) is 11.0 Å². The maximum absolute atomic E-state index is 12.6. The Bertz CT molecular complexity index is 534. The van der Waals surface area contributed by atoms with Crippen LogP contribution in [0.25, 0.3) is 0 Å². The minimum Gasteiger partial charge on any atom is -0.333 e. The molecule has 2 amide bonds. The first-order valence-electron chi connectivity index (χ1n) is 8.09. The van der Waals surface area contributed by atoms with Crippen LogP contribution in [0.4, 0.5) is 0 Å². The van der Waals surface area contributed by atoms with Crippen molar-refractivity contribution in [2.45, 2.75) is 44.6 Å². The second kappa shape index (κ2) is 6.85.